The first-order valence-electron chi connectivity index (χ1n) is 9.46. The van der Waals surface area contributed by atoms with E-state index in [0.29, 0.717) is 18.7 Å². The van der Waals surface area contributed by atoms with Crippen molar-refractivity contribution in [2.75, 3.05) is 18.4 Å². The second-order valence-corrected chi connectivity index (χ2v) is 7.33. The number of carbonyl (C=O) groups excluding carboxylic acids is 2. The molecule has 3 N–H and O–H groups in total. The predicted octanol–water partition coefficient (Wildman–Crippen LogP) is 3.20. The van der Waals surface area contributed by atoms with E-state index in [-0.39, 0.29) is 11.6 Å². The van der Waals surface area contributed by atoms with Crippen LogP contribution in [-0.4, -0.2) is 40.7 Å². The van der Waals surface area contributed by atoms with Crippen LogP contribution in [0.2, 0.25) is 0 Å². The summed E-state index contributed by atoms with van der Waals surface area (Å²) in [5.41, 5.74) is 3.56. The highest BCUT2D eigenvalue weighted by atomic mass is 16.5. The summed E-state index contributed by atoms with van der Waals surface area (Å²) in [5, 5.41) is 11.7. The van der Waals surface area contributed by atoms with E-state index in [4.69, 9.17) is 9.94 Å². The van der Waals surface area contributed by atoms with Crippen molar-refractivity contribution in [3.8, 4) is 5.75 Å². The molecule has 0 radical (unpaired) electrons. The molecular weight excluding hydrogens is 358 g/mol. The molecule has 0 saturated carbocycles. The van der Waals surface area contributed by atoms with Crippen LogP contribution in [0, 0.1) is 0 Å². The Bertz CT molecular complexity index is 876. The lowest BCUT2D eigenvalue weighted by Crippen LogP contribution is -2.52. The number of rotatable bonds is 2. The maximum atomic E-state index is 12.5. The molecule has 0 atom stereocenters. The first kappa shape index (κ1) is 18.3. The van der Waals surface area contributed by atoms with Crippen molar-refractivity contribution < 1.29 is 19.5 Å². The molecule has 2 aromatic carbocycles. The third-order valence-electron chi connectivity index (χ3n) is 5.59. The van der Waals surface area contributed by atoms with Gasteiger partial charge in [0.05, 0.1) is 0 Å². The van der Waals surface area contributed by atoms with Crippen molar-refractivity contribution in [1.82, 2.24) is 10.4 Å². The Labute approximate surface area is 163 Å². The zero-order valence-electron chi connectivity index (χ0n) is 15.5. The number of urea groups is 1. The summed E-state index contributed by atoms with van der Waals surface area (Å²) >= 11 is 0. The molecular formula is C21H23N3O4. The number of fused-ring (bicyclic) bond motifs is 1. The monoisotopic (exact) mass is 381 g/mol. The van der Waals surface area contributed by atoms with Gasteiger partial charge in [0.25, 0.3) is 5.91 Å². The zero-order chi connectivity index (χ0) is 19.6. The molecule has 0 aromatic heterocycles. The van der Waals surface area contributed by atoms with E-state index in [9.17, 15) is 9.59 Å². The number of likely N-dealkylation sites (tertiary alicyclic amines) is 1. The zero-order valence-corrected chi connectivity index (χ0v) is 15.5. The molecule has 7 nitrogen and oxygen atoms in total. The molecule has 2 aliphatic rings. The molecule has 2 aromatic rings. The number of hydrogen-bond acceptors (Lipinski definition) is 4. The third-order valence-corrected chi connectivity index (χ3v) is 5.59. The van der Waals surface area contributed by atoms with Gasteiger partial charge in [0, 0.05) is 37.2 Å². The molecule has 1 saturated heterocycles. The molecule has 28 heavy (non-hydrogen) atoms. The molecule has 146 valence electrons. The Hall–Kier alpha value is -3.06. The third kappa shape index (κ3) is 3.66. The average molecular weight is 381 g/mol. The summed E-state index contributed by atoms with van der Waals surface area (Å²) in [5.74, 6) is 0.253. The molecule has 1 spiro atoms. The Balaban J connectivity index is 1.38. The van der Waals surface area contributed by atoms with Gasteiger partial charge in [0.1, 0.15) is 11.4 Å². The highest BCUT2D eigenvalue weighted by molar-refractivity contribution is 5.93. The van der Waals surface area contributed by atoms with Crippen molar-refractivity contribution in [3.05, 3.63) is 59.7 Å². The average Bonchev–Trinajstić information content (AvgIpc) is 2.74. The largest absolute Gasteiger partial charge is 0.487 e. The fourth-order valence-corrected chi connectivity index (χ4v) is 3.92. The molecule has 0 aliphatic carbocycles. The highest BCUT2D eigenvalue weighted by Gasteiger charge is 2.40. The molecule has 3 amide bonds. The van der Waals surface area contributed by atoms with Gasteiger partial charge in [0.15, 0.2) is 0 Å². The quantitative estimate of drug-likeness (QED) is 0.550. The summed E-state index contributed by atoms with van der Waals surface area (Å²) in [4.78, 5) is 25.9. The van der Waals surface area contributed by atoms with Crippen LogP contribution in [0.3, 0.4) is 0 Å². The minimum absolute atomic E-state index is 0.0862. The topological polar surface area (TPSA) is 90.9 Å². The second kappa shape index (κ2) is 7.52. The summed E-state index contributed by atoms with van der Waals surface area (Å²) in [7, 11) is 0. The fourth-order valence-electron chi connectivity index (χ4n) is 3.92. The fraction of sp³-hybridized carbons (Fsp3) is 0.333. The van der Waals surface area contributed by atoms with Crippen LogP contribution < -0.4 is 15.5 Å². The molecule has 2 aliphatic heterocycles. The Kier molecular flexibility index (Phi) is 4.92. The predicted molar refractivity (Wildman–Crippen MR) is 104 cm³/mol. The summed E-state index contributed by atoms with van der Waals surface area (Å²) in [6.07, 6.45) is 3.19. The van der Waals surface area contributed by atoms with Crippen LogP contribution >= 0.6 is 0 Å². The van der Waals surface area contributed by atoms with Crippen molar-refractivity contribution in [2.45, 2.75) is 31.3 Å². The lowest BCUT2D eigenvalue weighted by molar-refractivity contribution is -0.00437. The number of hydrogen-bond donors (Lipinski definition) is 3. The van der Waals surface area contributed by atoms with Gasteiger partial charge in [-0.1, -0.05) is 18.2 Å². The number of nitrogens with zero attached hydrogens (tertiary/aromatic N) is 1. The number of benzene rings is 2. The maximum Gasteiger partial charge on any atom is 0.321 e. The summed E-state index contributed by atoms with van der Waals surface area (Å²) < 4.78 is 6.32. The number of para-hydroxylation sites is 1. The number of ether oxygens (including phenoxy) is 1. The van der Waals surface area contributed by atoms with Gasteiger partial charge < -0.3 is 15.0 Å². The van der Waals surface area contributed by atoms with Crippen LogP contribution in [-0.2, 0) is 6.42 Å². The number of carbonyl (C=O) groups is 2. The van der Waals surface area contributed by atoms with Crippen LogP contribution in [0.4, 0.5) is 10.5 Å². The highest BCUT2D eigenvalue weighted by Crippen LogP contribution is 2.39. The Morgan fingerprint density at radius 1 is 1.04 bits per heavy atom. The number of aryl methyl sites for hydroxylation is 1. The van der Waals surface area contributed by atoms with E-state index in [0.717, 1.165) is 42.7 Å². The van der Waals surface area contributed by atoms with E-state index < -0.39 is 5.91 Å². The van der Waals surface area contributed by atoms with E-state index in [1.807, 2.05) is 35.2 Å². The number of nitrogens with one attached hydrogen (secondary N) is 2. The molecule has 0 unspecified atom stereocenters. The van der Waals surface area contributed by atoms with E-state index in [1.54, 1.807) is 23.7 Å². The second-order valence-electron chi connectivity index (χ2n) is 7.33. The number of piperidine rings is 1. The summed E-state index contributed by atoms with van der Waals surface area (Å²) in [6, 6.07) is 14.5. The number of hydroxylamine groups is 1. The standard InChI is InChI=1S/C21H23N3O4/c25-19(23-27)16-6-7-18-15(14-16)8-9-21(28-18)10-12-24(13-11-21)20(26)22-17-4-2-1-3-5-17/h1-7,14,27H,8-13H2,(H,22,26)(H,23,25). The first-order valence-corrected chi connectivity index (χ1v) is 9.46. The lowest BCUT2D eigenvalue weighted by atomic mass is 9.83. The molecule has 2 heterocycles. The van der Waals surface area contributed by atoms with Gasteiger partial charge in [-0.2, -0.15) is 0 Å². The van der Waals surface area contributed by atoms with Gasteiger partial charge in [-0.25, -0.2) is 10.3 Å². The SMILES string of the molecule is O=C(NO)c1ccc2c(c1)CCC1(CCN(C(=O)Nc3ccccc3)CC1)O2. The van der Waals surface area contributed by atoms with Crippen molar-refractivity contribution in [3.63, 3.8) is 0 Å². The van der Waals surface area contributed by atoms with Crippen LogP contribution in [0.15, 0.2) is 48.5 Å². The number of amides is 3. The minimum Gasteiger partial charge on any atom is -0.487 e. The molecule has 4 rings (SSSR count). The Morgan fingerprint density at radius 3 is 2.50 bits per heavy atom. The van der Waals surface area contributed by atoms with Crippen molar-refractivity contribution in [1.29, 1.82) is 0 Å². The van der Waals surface area contributed by atoms with Crippen molar-refractivity contribution >= 4 is 17.6 Å². The lowest BCUT2D eigenvalue weighted by Gasteiger charge is -2.44. The molecule has 0 bridgehead atoms. The van der Waals surface area contributed by atoms with E-state index >= 15 is 0 Å². The normalized spacial score (nSPS) is 17.4. The smallest absolute Gasteiger partial charge is 0.321 e. The van der Waals surface area contributed by atoms with Crippen LogP contribution in [0.5, 0.6) is 5.75 Å². The van der Waals surface area contributed by atoms with Gasteiger partial charge >= 0.3 is 6.03 Å². The van der Waals surface area contributed by atoms with Gasteiger partial charge in [-0.15, -0.1) is 0 Å². The van der Waals surface area contributed by atoms with Gasteiger partial charge in [0.2, 0.25) is 0 Å². The van der Waals surface area contributed by atoms with Crippen molar-refractivity contribution in [2.24, 2.45) is 0 Å². The first-order chi connectivity index (χ1) is 13.6. The maximum absolute atomic E-state index is 12.5. The van der Waals surface area contributed by atoms with Crippen LogP contribution in [0.1, 0.15) is 35.2 Å². The Morgan fingerprint density at radius 2 is 1.79 bits per heavy atom. The van der Waals surface area contributed by atoms with Gasteiger partial charge in [-0.3, -0.25) is 10.0 Å². The molecule has 1 fully saturated rings. The summed E-state index contributed by atoms with van der Waals surface area (Å²) in [6.45, 7) is 1.28. The van der Waals surface area contributed by atoms with Gasteiger partial charge in [-0.05, 0) is 48.7 Å². The number of anilines is 1. The van der Waals surface area contributed by atoms with E-state index in [1.165, 1.54) is 0 Å². The van der Waals surface area contributed by atoms with E-state index in [2.05, 4.69) is 5.32 Å². The van der Waals surface area contributed by atoms with Crippen LogP contribution in [0.25, 0.3) is 0 Å². The minimum atomic E-state index is -0.527. The molecule has 7 heteroatoms.